The van der Waals surface area contributed by atoms with Crippen molar-refractivity contribution in [1.82, 2.24) is 4.90 Å². The van der Waals surface area contributed by atoms with E-state index >= 15 is 0 Å². The number of nitrogens with zero attached hydrogens (tertiary/aromatic N) is 1. The molecule has 0 heterocycles. The summed E-state index contributed by atoms with van der Waals surface area (Å²) in [5.74, 6) is 0.320. The lowest BCUT2D eigenvalue weighted by Gasteiger charge is -2.27. The summed E-state index contributed by atoms with van der Waals surface area (Å²) in [7, 11) is 2.71. The Hall–Kier alpha value is -4.52. The van der Waals surface area contributed by atoms with Gasteiger partial charge in [0.1, 0.15) is 24.5 Å². The highest BCUT2D eigenvalue weighted by Crippen LogP contribution is 2.34. The zero-order valence-corrected chi connectivity index (χ0v) is 22.9. The minimum Gasteiger partial charge on any atom is -0.485 e. The molecule has 1 unspecified atom stereocenters. The average Bonchev–Trinajstić information content (AvgIpc) is 2.98. The quantitative estimate of drug-likeness (QED) is 0.146. The van der Waals surface area contributed by atoms with E-state index in [0.717, 1.165) is 16.0 Å². The third-order valence-corrected chi connectivity index (χ3v) is 6.22. The molecule has 0 saturated heterocycles. The number of amides is 1. The van der Waals surface area contributed by atoms with Gasteiger partial charge < -0.3 is 18.9 Å². The van der Waals surface area contributed by atoms with Crippen molar-refractivity contribution in [2.75, 3.05) is 14.2 Å². The summed E-state index contributed by atoms with van der Waals surface area (Å²) in [5.41, 5.74) is 1.80. The molecular formula is C32H35NO6. The summed E-state index contributed by atoms with van der Waals surface area (Å²) < 4.78 is 22.8. The van der Waals surface area contributed by atoms with Gasteiger partial charge in [-0.3, -0.25) is 4.90 Å². The fraction of sp³-hybridized carbons (Fsp3) is 0.250. The van der Waals surface area contributed by atoms with Crippen LogP contribution in [0.4, 0.5) is 4.79 Å². The average molecular weight is 530 g/mol. The van der Waals surface area contributed by atoms with Gasteiger partial charge in [0, 0.05) is 7.05 Å². The first kappa shape index (κ1) is 29.0. The predicted molar refractivity (Wildman–Crippen MR) is 151 cm³/mol. The molecule has 0 aliphatic carbocycles. The number of hydrogen-bond donors (Lipinski definition) is 0. The monoisotopic (exact) mass is 529 g/mol. The molecule has 204 valence electrons. The highest BCUT2D eigenvalue weighted by Gasteiger charge is 2.24. The van der Waals surface area contributed by atoms with E-state index in [1.807, 2.05) is 74.5 Å². The van der Waals surface area contributed by atoms with Gasteiger partial charge in [0.05, 0.1) is 7.11 Å². The molecule has 0 aliphatic rings. The largest absolute Gasteiger partial charge is 0.485 e. The highest BCUT2D eigenvalue weighted by molar-refractivity contribution is 5.96. The summed E-state index contributed by atoms with van der Waals surface area (Å²) in [4.78, 5) is 26.6. The number of ether oxygens (including phenoxy) is 4. The Morgan fingerprint density at radius 3 is 2.10 bits per heavy atom. The van der Waals surface area contributed by atoms with Gasteiger partial charge in [-0.15, -0.1) is 0 Å². The number of rotatable bonds is 12. The number of carbonyl (C=O) groups is 2. The molecular weight excluding hydrogens is 494 g/mol. The first-order valence-corrected chi connectivity index (χ1v) is 12.7. The number of hydrogen-bond acceptors (Lipinski definition) is 6. The van der Waals surface area contributed by atoms with E-state index in [1.54, 1.807) is 30.4 Å². The Kier molecular flexibility index (Phi) is 10.3. The smallest absolute Gasteiger partial charge is 0.414 e. The SMILES string of the molecule is C=CC(C)(CC)Oc1cc(/C=C(\C(=O)OC)N(C)C(=O)OCc2ccccc2)ccc1OCc1ccccc1. The molecule has 0 saturated carbocycles. The van der Waals surface area contributed by atoms with Crippen LogP contribution in [0.2, 0.25) is 0 Å². The van der Waals surface area contributed by atoms with Crippen molar-refractivity contribution in [2.24, 2.45) is 0 Å². The number of carbonyl (C=O) groups excluding carboxylic acids is 2. The molecule has 0 radical (unpaired) electrons. The van der Waals surface area contributed by atoms with E-state index in [-0.39, 0.29) is 12.3 Å². The topological polar surface area (TPSA) is 74.3 Å². The van der Waals surface area contributed by atoms with E-state index in [4.69, 9.17) is 18.9 Å². The Bertz CT molecular complexity index is 1290. The minimum absolute atomic E-state index is 0.00133. The standard InChI is InChI=1S/C32H35NO6/c1-6-32(3,7-2)39-29-21-26(18-19-28(29)37-22-24-14-10-8-11-15-24)20-27(30(34)36-5)33(4)31(35)38-23-25-16-12-9-13-17-25/h6,8-21H,1,7,22-23H2,2-5H3/b27-20+. The molecule has 3 aromatic carbocycles. The van der Waals surface area contributed by atoms with Crippen LogP contribution in [0.1, 0.15) is 37.0 Å². The van der Waals surface area contributed by atoms with Gasteiger partial charge >= 0.3 is 12.1 Å². The fourth-order valence-electron chi connectivity index (χ4n) is 3.53. The third-order valence-electron chi connectivity index (χ3n) is 6.22. The van der Waals surface area contributed by atoms with Gasteiger partial charge in [0.15, 0.2) is 11.5 Å². The normalized spacial score (nSPS) is 12.6. The van der Waals surface area contributed by atoms with Crippen molar-refractivity contribution < 1.29 is 28.5 Å². The lowest BCUT2D eigenvalue weighted by molar-refractivity contribution is -0.137. The molecule has 1 atom stereocenters. The van der Waals surface area contributed by atoms with Gasteiger partial charge in [-0.25, -0.2) is 9.59 Å². The molecule has 0 fully saturated rings. The Balaban J connectivity index is 1.90. The van der Waals surface area contributed by atoms with Gasteiger partial charge in [-0.05, 0) is 54.3 Å². The Labute approximate surface area is 230 Å². The summed E-state index contributed by atoms with van der Waals surface area (Å²) in [6.45, 7) is 8.27. The molecule has 0 spiro atoms. The lowest BCUT2D eigenvalue weighted by Crippen LogP contribution is -2.31. The van der Waals surface area contributed by atoms with Crippen molar-refractivity contribution >= 4 is 18.1 Å². The zero-order chi connectivity index (χ0) is 28.3. The highest BCUT2D eigenvalue weighted by atomic mass is 16.6. The van der Waals surface area contributed by atoms with Crippen LogP contribution < -0.4 is 9.47 Å². The molecule has 0 aromatic heterocycles. The van der Waals surface area contributed by atoms with Crippen LogP contribution in [0.15, 0.2) is 97.2 Å². The van der Waals surface area contributed by atoms with Crippen LogP contribution in [-0.2, 0) is 27.5 Å². The molecule has 0 N–H and O–H groups in total. The van der Waals surface area contributed by atoms with E-state index in [0.29, 0.717) is 30.1 Å². The van der Waals surface area contributed by atoms with Crippen molar-refractivity contribution in [1.29, 1.82) is 0 Å². The molecule has 7 heteroatoms. The maximum absolute atomic E-state index is 12.8. The molecule has 3 aromatic rings. The van der Waals surface area contributed by atoms with Gasteiger partial charge in [0.2, 0.25) is 0 Å². The van der Waals surface area contributed by atoms with E-state index < -0.39 is 17.7 Å². The summed E-state index contributed by atoms with van der Waals surface area (Å²) >= 11 is 0. The van der Waals surface area contributed by atoms with Gasteiger partial charge in [0.25, 0.3) is 0 Å². The predicted octanol–water partition coefficient (Wildman–Crippen LogP) is 6.78. The van der Waals surface area contributed by atoms with Crippen LogP contribution in [0, 0.1) is 0 Å². The first-order chi connectivity index (χ1) is 18.8. The second-order valence-electron chi connectivity index (χ2n) is 9.07. The van der Waals surface area contributed by atoms with Crippen LogP contribution in [-0.4, -0.2) is 36.7 Å². The maximum Gasteiger partial charge on any atom is 0.414 e. The Morgan fingerprint density at radius 2 is 1.54 bits per heavy atom. The van der Waals surface area contributed by atoms with E-state index in [1.165, 1.54) is 14.2 Å². The van der Waals surface area contributed by atoms with Gasteiger partial charge in [-0.1, -0.05) is 80.2 Å². The third kappa shape index (κ3) is 8.23. The summed E-state index contributed by atoms with van der Waals surface area (Å²) in [6.07, 6.45) is 3.27. The van der Waals surface area contributed by atoms with Crippen LogP contribution in [0.3, 0.4) is 0 Å². The molecule has 3 rings (SSSR count). The maximum atomic E-state index is 12.8. The fourth-order valence-corrected chi connectivity index (χ4v) is 3.53. The minimum atomic E-state index is -0.694. The summed E-state index contributed by atoms with van der Waals surface area (Å²) in [5, 5.41) is 0. The van der Waals surface area contributed by atoms with E-state index in [2.05, 4.69) is 6.58 Å². The van der Waals surface area contributed by atoms with Crippen molar-refractivity contribution in [3.05, 3.63) is 114 Å². The van der Waals surface area contributed by atoms with Crippen molar-refractivity contribution in [3.8, 4) is 11.5 Å². The van der Waals surface area contributed by atoms with Crippen LogP contribution >= 0.6 is 0 Å². The van der Waals surface area contributed by atoms with Crippen LogP contribution in [0.25, 0.3) is 6.08 Å². The Morgan fingerprint density at radius 1 is 0.923 bits per heavy atom. The summed E-state index contributed by atoms with van der Waals surface area (Å²) in [6, 6.07) is 24.4. The molecule has 0 aliphatic heterocycles. The number of benzene rings is 3. The molecule has 39 heavy (non-hydrogen) atoms. The molecule has 1 amide bonds. The molecule has 0 bridgehead atoms. The number of likely N-dealkylation sites (N-methyl/N-ethyl adjacent to an activating group) is 1. The second kappa shape index (κ2) is 13.9. The molecule has 7 nitrogen and oxygen atoms in total. The lowest BCUT2D eigenvalue weighted by atomic mass is 10.0. The number of methoxy groups -OCH3 is 1. The van der Waals surface area contributed by atoms with Gasteiger partial charge in [-0.2, -0.15) is 0 Å². The van der Waals surface area contributed by atoms with E-state index in [9.17, 15) is 9.59 Å². The first-order valence-electron chi connectivity index (χ1n) is 12.7. The van der Waals surface area contributed by atoms with Crippen molar-refractivity contribution in [3.63, 3.8) is 0 Å². The number of esters is 1. The second-order valence-corrected chi connectivity index (χ2v) is 9.07. The zero-order valence-electron chi connectivity index (χ0n) is 22.9. The van der Waals surface area contributed by atoms with Crippen LogP contribution in [0.5, 0.6) is 11.5 Å². The van der Waals surface area contributed by atoms with Crippen molar-refractivity contribution in [2.45, 2.75) is 39.1 Å².